The van der Waals surface area contributed by atoms with Crippen molar-refractivity contribution in [3.05, 3.63) is 32.9 Å². The molecule has 14 heavy (non-hydrogen) atoms. The highest BCUT2D eigenvalue weighted by atomic mass is 79.9. The number of aliphatic hydroxyl groups excluding tert-OH is 1. The van der Waals surface area contributed by atoms with Gasteiger partial charge in [-0.25, -0.2) is 0 Å². The summed E-state index contributed by atoms with van der Waals surface area (Å²) in [7, 11) is 0. The molecular weight excluding hydrogens is 267 g/mol. The summed E-state index contributed by atoms with van der Waals surface area (Å²) in [5.41, 5.74) is 12.3. The highest BCUT2D eigenvalue weighted by Crippen LogP contribution is 2.31. The summed E-state index contributed by atoms with van der Waals surface area (Å²) >= 11 is 9.08. The Bertz CT molecular complexity index is 400. The zero-order chi connectivity index (χ0) is 10.9. The minimum absolute atomic E-state index is 0.0445. The first-order valence-corrected chi connectivity index (χ1v) is 5.00. The first kappa shape index (κ1) is 11.2. The van der Waals surface area contributed by atoms with Gasteiger partial charge < -0.3 is 16.6 Å². The third-order valence-electron chi connectivity index (χ3n) is 1.72. The van der Waals surface area contributed by atoms with Crippen molar-refractivity contribution < 1.29 is 5.11 Å². The second-order valence-corrected chi connectivity index (χ2v) is 4.15. The Morgan fingerprint density at radius 3 is 2.57 bits per heavy atom. The van der Waals surface area contributed by atoms with Gasteiger partial charge >= 0.3 is 0 Å². The van der Waals surface area contributed by atoms with Crippen molar-refractivity contribution in [3.8, 4) is 0 Å². The van der Waals surface area contributed by atoms with Crippen LogP contribution in [0.3, 0.4) is 0 Å². The van der Waals surface area contributed by atoms with Gasteiger partial charge in [-0.3, -0.25) is 0 Å². The van der Waals surface area contributed by atoms with Crippen LogP contribution in [0.1, 0.15) is 12.5 Å². The van der Waals surface area contributed by atoms with Gasteiger partial charge in [0.25, 0.3) is 0 Å². The van der Waals surface area contributed by atoms with Crippen LogP contribution >= 0.6 is 27.5 Å². The van der Waals surface area contributed by atoms with Gasteiger partial charge in [-0.05, 0) is 35.0 Å². The van der Waals surface area contributed by atoms with Crippen molar-refractivity contribution in [2.75, 3.05) is 5.73 Å². The molecular formula is C9H10BrClN2O. The zero-order valence-corrected chi connectivity index (χ0v) is 9.85. The second kappa shape index (κ2) is 4.11. The molecule has 0 saturated carbocycles. The Hall–Kier alpha value is -0.870. The van der Waals surface area contributed by atoms with E-state index in [1.54, 1.807) is 19.1 Å². The van der Waals surface area contributed by atoms with Crippen molar-refractivity contribution in [1.29, 1.82) is 0 Å². The first-order valence-electron chi connectivity index (χ1n) is 3.83. The quantitative estimate of drug-likeness (QED) is 0.546. The Kier molecular flexibility index (Phi) is 3.29. The van der Waals surface area contributed by atoms with E-state index in [1.807, 2.05) is 0 Å². The number of benzene rings is 1. The summed E-state index contributed by atoms with van der Waals surface area (Å²) < 4.78 is 0.683. The van der Waals surface area contributed by atoms with Crippen LogP contribution < -0.4 is 11.5 Å². The van der Waals surface area contributed by atoms with Crippen LogP contribution in [-0.2, 0) is 0 Å². The molecule has 0 saturated heterocycles. The fourth-order valence-corrected chi connectivity index (χ4v) is 1.50. The molecule has 0 aliphatic heterocycles. The smallest absolute Gasteiger partial charge is 0.143 e. The molecule has 0 unspecified atom stereocenters. The summed E-state index contributed by atoms with van der Waals surface area (Å²) in [4.78, 5) is 0. The molecule has 1 aromatic carbocycles. The number of halogens is 2. The fraction of sp³-hybridized carbons (Fsp3) is 0.111. The molecule has 5 N–H and O–H groups in total. The molecule has 0 fully saturated rings. The summed E-state index contributed by atoms with van der Waals surface area (Å²) in [5, 5.41) is 10.1. The normalized spacial score (nSPS) is 12.5. The molecule has 0 amide bonds. The van der Waals surface area contributed by atoms with Crippen molar-refractivity contribution in [2.24, 2.45) is 5.73 Å². The van der Waals surface area contributed by atoms with E-state index in [0.29, 0.717) is 26.4 Å². The molecule has 76 valence electrons. The molecule has 3 nitrogen and oxygen atoms in total. The predicted molar refractivity (Wildman–Crippen MR) is 63.0 cm³/mol. The molecule has 0 atom stereocenters. The van der Waals surface area contributed by atoms with E-state index >= 15 is 0 Å². The summed E-state index contributed by atoms with van der Waals surface area (Å²) in [6.07, 6.45) is 0. The number of allylic oxidation sites excluding steroid dienone is 1. The second-order valence-electron chi connectivity index (χ2n) is 2.89. The molecule has 5 heteroatoms. The largest absolute Gasteiger partial charge is 0.505 e. The highest BCUT2D eigenvalue weighted by Gasteiger charge is 2.09. The van der Waals surface area contributed by atoms with Crippen molar-refractivity contribution >= 4 is 39.0 Å². The molecule has 0 spiro atoms. The lowest BCUT2D eigenvalue weighted by atomic mass is 10.1. The van der Waals surface area contributed by atoms with Gasteiger partial charge in [-0.1, -0.05) is 11.6 Å². The molecule has 1 aromatic rings. The number of nitrogens with two attached hydrogens (primary N) is 2. The van der Waals surface area contributed by atoms with E-state index in [9.17, 15) is 5.11 Å². The number of aliphatic hydroxyl groups is 1. The topological polar surface area (TPSA) is 72.3 Å². The SMILES string of the molecule is C/C(N)=C(\O)c1cc(Cl)c(Br)cc1N. The monoisotopic (exact) mass is 276 g/mol. The van der Waals surface area contributed by atoms with Crippen LogP contribution in [0.5, 0.6) is 0 Å². The standard InChI is InChI=1S/C9H10BrClN2O/c1-4(12)9(14)5-2-7(11)6(10)3-8(5)13/h2-3,14H,12-13H2,1H3/b9-4+. The number of nitrogen functional groups attached to an aromatic ring is 1. The summed E-state index contributed by atoms with van der Waals surface area (Å²) in [6.45, 7) is 1.59. The lowest BCUT2D eigenvalue weighted by Gasteiger charge is -2.08. The third kappa shape index (κ3) is 2.13. The van der Waals surface area contributed by atoms with Gasteiger partial charge in [0.05, 0.1) is 5.02 Å². The minimum atomic E-state index is -0.0445. The zero-order valence-electron chi connectivity index (χ0n) is 7.51. The lowest BCUT2D eigenvalue weighted by Crippen LogP contribution is -2.00. The molecule has 0 heterocycles. The third-order valence-corrected chi connectivity index (χ3v) is 2.92. The Morgan fingerprint density at radius 2 is 2.07 bits per heavy atom. The van der Waals surface area contributed by atoms with Crippen LogP contribution in [0.25, 0.3) is 5.76 Å². The van der Waals surface area contributed by atoms with Crippen molar-refractivity contribution in [3.63, 3.8) is 0 Å². The summed E-state index contributed by atoms with van der Waals surface area (Å²) in [5.74, 6) is -0.0445. The highest BCUT2D eigenvalue weighted by molar-refractivity contribution is 9.10. The Balaban J connectivity index is 3.37. The van der Waals surface area contributed by atoms with Gasteiger partial charge in [-0.2, -0.15) is 0 Å². The fourth-order valence-electron chi connectivity index (χ4n) is 0.980. The van der Waals surface area contributed by atoms with Crippen LogP contribution in [0.2, 0.25) is 5.02 Å². The molecule has 1 rings (SSSR count). The maximum atomic E-state index is 9.59. The average Bonchev–Trinajstić information content (AvgIpc) is 2.10. The maximum absolute atomic E-state index is 9.59. The van der Waals surface area contributed by atoms with E-state index in [1.165, 1.54) is 0 Å². The predicted octanol–water partition coefficient (Wildman–Crippen LogP) is 2.89. The Labute approximate surface area is 95.5 Å². The van der Waals surface area contributed by atoms with E-state index in [4.69, 9.17) is 23.1 Å². The summed E-state index contributed by atoms with van der Waals surface area (Å²) in [6, 6.07) is 3.18. The van der Waals surface area contributed by atoms with Crippen molar-refractivity contribution in [2.45, 2.75) is 6.92 Å². The van der Waals surface area contributed by atoms with Crippen LogP contribution in [-0.4, -0.2) is 5.11 Å². The van der Waals surface area contributed by atoms with Gasteiger partial charge in [0.1, 0.15) is 5.76 Å². The molecule has 0 aliphatic carbocycles. The van der Waals surface area contributed by atoms with Gasteiger partial charge in [0, 0.05) is 21.4 Å². The van der Waals surface area contributed by atoms with Gasteiger partial charge in [-0.15, -0.1) is 0 Å². The first-order chi connectivity index (χ1) is 6.43. The minimum Gasteiger partial charge on any atom is -0.505 e. The molecule has 0 aliphatic rings. The number of rotatable bonds is 1. The van der Waals surface area contributed by atoms with Crippen molar-refractivity contribution in [1.82, 2.24) is 0 Å². The van der Waals surface area contributed by atoms with Crippen LogP contribution in [0, 0.1) is 0 Å². The van der Waals surface area contributed by atoms with Crippen LogP contribution in [0.15, 0.2) is 22.3 Å². The lowest BCUT2D eigenvalue weighted by molar-refractivity contribution is 0.506. The molecule has 0 aromatic heterocycles. The Morgan fingerprint density at radius 1 is 1.50 bits per heavy atom. The maximum Gasteiger partial charge on any atom is 0.143 e. The van der Waals surface area contributed by atoms with Gasteiger partial charge in [0.2, 0.25) is 0 Å². The average molecular weight is 278 g/mol. The molecule has 0 bridgehead atoms. The van der Waals surface area contributed by atoms with Gasteiger partial charge in [0.15, 0.2) is 0 Å². The van der Waals surface area contributed by atoms with E-state index < -0.39 is 0 Å². The molecule has 0 radical (unpaired) electrons. The number of hydrogen-bond acceptors (Lipinski definition) is 3. The van der Waals surface area contributed by atoms with E-state index in [0.717, 1.165) is 0 Å². The number of anilines is 1. The van der Waals surface area contributed by atoms with E-state index in [-0.39, 0.29) is 5.76 Å². The van der Waals surface area contributed by atoms with Crippen LogP contribution in [0.4, 0.5) is 5.69 Å². The van der Waals surface area contributed by atoms with E-state index in [2.05, 4.69) is 15.9 Å². The number of hydrogen-bond donors (Lipinski definition) is 3.